The van der Waals surface area contributed by atoms with E-state index in [1.165, 1.54) is 5.69 Å². The summed E-state index contributed by atoms with van der Waals surface area (Å²) < 4.78 is 0. The summed E-state index contributed by atoms with van der Waals surface area (Å²) in [5.41, 5.74) is 3.41. The second-order valence-corrected chi connectivity index (χ2v) is 5.40. The fraction of sp³-hybridized carbons (Fsp3) is 0.588. The monoisotopic (exact) mass is 291 g/mol. The van der Waals surface area contributed by atoms with Gasteiger partial charge in [0.2, 0.25) is 5.91 Å². The van der Waals surface area contributed by atoms with E-state index in [0.29, 0.717) is 6.54 Å². The fourth-order valence-electron chi connectivity index (χ4n) is 2.24. The molecule has 0 spiro atoms. The maximum Gasteiger partial charge on any atom is 0.239 e. The SMILES string of the molecule is CCC(C)NC(=O)CNc1ccc(N(CC)CC)cc1C. The van der Waals surface area contributed by atoms with Crippen LogP contribution in [0.2, 0.25) is 0 Å². The lowest BCUT2D eigenvalue weighted by atomic mass is 10.1. The Labute approximate surface area is 128 Å². The molecule has 0 aliphatic heterocycles. The van der Waals surface area contributed by atoms with Crippen molar-refractivity contribution in [3.8, 4) is 0 Å². The average molecular weight is 291 g/mol. The van der Waals surface area contributed by atoms with Gasteiger partial charge in [0.25, 0.3) is 0 Å². The molecule has 4 heteroatoms. The number of amides is 1. The molecule has 4 nitrogen and oxygen atoms in total. The highest BCUT2D eigenvalue weighted by atomic mass is 16.1. The highest BCUT2D eigenvalue weighted by molar-refractivity contribution is 5.81. The molecular weight excluding hydrogens is 262 g/mol. The number of benzene rings is 1. The highest BCUT2D eigenvalue weighted by Crippen LogP contribution is 2.22. The van der Waals surface area contributed by atoms with Crippen molar-refractivity contribution in [1.82, 2.24) is 5.32 Å². The molecule has 0 heterocycles. The Kier molecular flexibility index (Phi) is 7.06. The number of aryl methyl sites for hydroxylation is 1. The summed E-state index contributed by atoms with van der Waals surface area (Å²) >= 11 is 0. The van der Waals surface area contributed by atoms with Gasteiger partial charge in [-0.3, -0.25) is 4.79 Å². The van der Waals surface area contributed by atoms with Gasteiger partial charge < -0.3 is 15.5 Å². The molecule has 1 aromatic carbocycles. The second-order valence-electron chi connectivity index (χ2n) is 5.40. The van der Waals surface area contributed by atoms with Crippen LogP contribution in [-0.2, 0) is 4.79 Å². The van der Waals surface area contributed by atoms with Gasteiger partial charge in [0.1, 0.15) is 0 Å². The van der Waals surface area contributed by atoms with Crippen molar-refractivity contribution in [2.45, 2.75) is 47.1 Å². The highest BCUT2D eigenvalue weighted by Gasteiger charge is 2.08. The van der Waals surface area contributed by atoms with Crippen LogP contribution < -0.4 is 15.5 Å². The molecule has 118 valence electrons. The Morgan fingerprint density at radius 3 is 2.43 bits per heavy atom. The summed E-state index contributed by atoms with van der Waals surface area (Å²) in [4.78, 5) is 14.1. The first-order valence-electron chi connectivity index (χ1n) is 7.90. The number of nitrogens with zero attached hydrogens (tertiary/aromatic N) is 1. The molecule has 0 aromatic heterocycles. The molecule has 0 aliphatic rings. The van der Waals surface area contributed by atoms with E-state index in [0.717, 1.165) is 30.8 Å². The fourth-order valence-corrected chi connectivity index (χ4v) is 2.24. The lowest BCUT2D eigenvalue weighted by Gasteiger charge is -2.22. The van der Waals surface area contributed by atoms with Gasteiger partial charge >= 0.3 is 0 Å². The Morgan fingerprint density at radius 2 is 1.90 bits per heavy atom. The Morgan fingerprint density at radius 1 is 1.24 bits per heavy atom. The minimum atomic E-state index is 0.0385. The first kappa shape index (κ1) is 17.3. The number of carbonyl (C=O) groups excluding carboxylic acids is 1. The quantitative estimate of drug-likeness (QED) is 0.773. The van der Waals surface area contributed by atoms with Gasteiger partial charge in [0.05, 0.1) is 6.54 Å². The summed E-state index contributed by atoms with van der Waals surface area (Å²) in [5, 5.41) is 6.17. The summed E-state index contributed by atoms with van der Waals surface area (Å²) in [6.07, 6.45) is 0.948. The van der Waals surface area contributed by atoms with Crippen molar-refractivity contribution in [3.05, 3.63) is 23.8 Å². The van der Waals surface area contributed by atoms with E-state index in [2.05, 4.69) is 61.4 Å². The number of hydrogen-bond acceptors (Lipinski definition) is 3. The van der Waals surface area contributed by atoms with Gasteiger partial charge in [0.15, 0.2) is 0 Å². The van der Waals surface area contributed by atoms with Crippen LogP contribution in [0.5, 0.6) is 0 Å². The molecule has 0 aliphatic carbocycles. The molecule has 1 atom stereocenters. The molecule has 0 fully saturated rings. The lowest BCUT2D eigenvalue weighted by Crippen LogP contribution is -2.36. The molecule has 0 bridgehead atoms. The van der Waals surface area contributed by atoms with E-state index >= 15 is 0 Å². The molecule has 1 aromatic rings. The average Bonchev–Trinajstić information content (AvgIpc) is 2.47. The van der Waals surface area contributed by atoms with E-state index < -0.39 is 0 Å². The predicted octanol–water partition coefficient (Wildman–Crippen LogP) is 3.17. The molecule has 1 unspecified atom stereocenters. The van der Waals surface area contributed by atoms with Crippen molar-refractivity contribution in [3.63, 3.8) is 0 Å². The first-order valence-corrected chi connectivity index (χ1v) is 7.90. The van der Waals surface area contributed by atoms with E-state index in [-0.39, 0.29) is 11.9 Å². The Balaban J connectivity index is 2.63. The van der Waals surface area contributed by atoms with Crippen LogP contribution in [0.4, 0.5) is 11.4 Å². The third-order valence-electron chi connectivity index (χ3n) is 3.80. The van der Waals surface area contributed by atoms with Gasteiger partial charge in [-0.2, -0.15) is 0 Å². The summed E-state index contributed by atoms with van der Waals surface area (Å²) in [5.74, 6) is 0.0385. The number of hydrogen-bond donors (Lipinski definition) is 2. The summed E-state index contributed by atoms with van der Waals surface area (Å²) in [6.45, 7) is 12.8. The van der Waals surface area contributed by atoms with Crippen molar-refractivity contribution in [2.75, 3.05) is 29.9 Å². The normalized spacial score (nSPS) is 11.9. The second kappa shape index (κ2) is 8.55. The van der Waals surface area contributed by atoms with Crippen molar-refractivity contribution >= 4 is 17.3 Å². The lowest BCUT2D eigenvalue weighted by molar-refractivity contribution is -0.120. The summed E-state index contributed by atoms with van der Waals surface area (Å²) in [6, 6.07) is 6.56. The number of carbonyl (C=O) groups is 1. The molecule has 0 saturated carbocycles. The van der Waals surface area contributed by atoms with Gasteiger partial charge in [-0.25, -0.2) is 0 Å². The van der Waals surface area contributed by atoms with Crippen LogP contribution in [-0.4, -0.2) is 31.6 Å². The van der Waals surface area contributed by atoms with Crippen LogP contribution >= 0.6 is 0 Å². The maximum absolute atomic E-state index is 11.8. The molecule has 1 amide bonds. The van der Waals surface area contributed by atoms with Crippen LogP contribution in [0.3, 0.4) is 0 Å². The van der Waals surface area contributed by atoms with Crippen molar-refractivity contribution in [1.29, 1.82) is 0 Å². The molecule has 0 radical (unpaired) electrons. The van der Waals surface area contributed by atoms with Gasteiger partial charge in [-0.05, 0) is 57.9 Å². The van der Waals surface area contributed by atoms with E-state index in [1.54, 1.807) is 0 Å². The first-order chi connectivity index (χ1) is 10.0. The van der Waals surface area contributed by atoms with Gasteiger partial charge in [0, 0.05) is 30.5 Å². The van der Waals surface area contributed by atoms with E-state index in [1.807, 2.05) is 6.92 Å². The van der Waals surface area contributed by atoms with Crippen LogP contribution in [0.15, 0.2) is 18.2 Å². The minimum Gasteiger partial charge on any atom is -0.376 e. The Bertz CT molecular complexity index is 455. The molecule has 21 heavy (non-hydrogen) atoms. The zero-order valence-electron chi connectivity index (χ0n) is 14.0. The van der Waals surface area contributed by atoms with Crippen LogP contribution in [0.25, 0.3) is 0 Å². The number of nitrogens with one attached hydrogen (secondary N) is 2. The van der Waals surface area contributed by atoms with Crippen LogP contribution in [0, 0.1) is 6.92 Å². The molecular formula is C17H29N3O. The largest absolute Gasteiger partial charge is 0.376 e. The summed E-state index contributed by atoms with van der Waals surface area (Å²) in [7, 11) is 0. The van der Waals surface area contributed by atoms with E-state index in [9.17, 15) is 4.79 Å². The van der Waals surface area contributed by atoms with Crippen molar-refractivity contribution < 1.29 is 4.79 Å². The third-order valence-corrected chi connectivity index (χ3v) is 3.80. The van der Waals surface area contributed by atoms with Crippen LogP contribution in [0.1, 0.15) is 39.7 Å². The third kappa shape index (κ3) is 5.29. The van der Waals surface area contributed by atoms with Gasteiger partial charge in [-0.1, -0.05) is 6.92 Å². The topological polar surface area (TPSA) is 44.4 Å². The molecule has 2 N–H and O–H groups in total. The molecule has 0 saturated heterocycles. The Hall–Kier alpha value is -1.71. The van der Waals surface area contributed by atoms with Gasteiger partial charge in [-0.15, -0.1) is 0 Å². The predicted molar refractivity (Wildman–Crippen MR) is 91.1 cm³/mol. The van der Waals surface area contributed by atoms with Crippen molar-refractivity contribution in [2.24, 2.45) is 0 Å². The zero-order chi connectivity index (χ0) is 15.8. The number of rotatable bonds is 8. The zero-order valence-corrected chi connectivity index (χ0v) is 14.0. The van der Waals surface area contributed by atoms with E-state index in [4.69, 9.17) is 0 Å². The number of anilines is 2. The minimum absolute atomic E-state index is 0.0385. The molecule has 1 rings (SSSR count). The maximum atomic E-state index is 11.8. The standard InChI is InChI=1S/C17H29N3O/c1-6-14(5)19-17(21)12-18-16-10-9-15(11-13(16)4)20(7-2)8-3/h9-11,14,18H,6-8,12H2,1-5H3,(H,19,21). The smallest absolute Gasteiger partial charge is 0.239 e.